The Morgan fingerprint density at radius 3 is 2.17 bits per heavy atom. The second-order valence-electron chi connectivity index (χ2n) is 9.90. The second-order valence-corrected chi connectivity index (χ2v) is 10.9. The molecule has 0 spiro atoms. The van der Waals surface area contributed by atoms with E-state index in [1.807, 2.05) is 4.90 Å². The number of thiophene rings is 1. The highest BCUT2D eigenvalue weighted by atomic mass is 32.1. The van der Waals surface area contributed by atoms with Gasteiger partial charge in [0.2, 0.25) is 0 Å². The maximum atomic E-state index is 13.6. The first-order chi connectivity index (χ1) is 17.7. The molecule has 1 aliphatic heterocycles. The molecule has 5 nitrogen and oxygen atoms in total. The molecule has 2 N–H and O–H groups in total. The predicted octanol–water partition coefficient (Wildman–Crippen LogP) is 5.69. The van der Waals surface area contributed by atoms with Crippen molar-refractivity contribution in [3.63, 3.8) is 0 Å². The molecule has 1 saturated heterocycles. The number of anilines is 1. The molecule has 1 fully saturated rings. The second kappa shape index (κ2) is 10.0. The summed E-state index contributed by atoms with van der Waals surface area (Å²) in [6.07, 6.45) is 5.73. The number of aromatic nitrogens is 1. The Labute approximate surface area is 216 Å². The van der Waals surface area contributed by atoms with Crippen molar-refractivity contribution in [3.8, 4) is 0 Å². The number of fused-ring (bicyclic) bond motifs is 2. The standard InChI is InChI=1S/C30H32N4OS/c31-26-24-20-23-14-8-3-9-15-25(23)32-29(24)36-28(26)30(35)34-18-16-33(17-19-34)27(21-10-4-1-5-11-21)22-12-6-2-7-13-22/h1-2,4-7,10-13,20,27H,3,8-9,14-19,31H2. The van der Waals surface area contributed by atoms with E-state index in [2.05, 4.69) is 71.6 Å². The van der Waals surface area contributed by atoms with E-state index in [9.17, 15) is 4.79 Å². The number of rotatable bonds is 4. The number of aryl methyl sites for hydroxylation is 2. The van der Waals surface area contributed by atoms with Gasteiger partial charge in [-0.25, -0.2) is 4.98 Å². The van der Waals surface area contributed by atoms with Crippen molar-refractivity contribution < 1.29 is 4.79 Å². The Morgan fingerprint density at radius 1 is 0.861 bits per heavy atom. The van der Waals surface area contributed by atoms with Gasteiger partial charge in [0.15, 0.2) is 0 Å². The maximum Gasteiger partial charge on any atom is 0.266 e. The summed E-state index contributed by atoms with van der Waals surface area (Å²) in [7, 11) is 0. The zero-order valence-electron chi connectivity index (χ0n) is 20.5. The van der Waals surface area contributed by atoms with E-state index >= 15 is 0 Å². The summed E-state index contributed by atoms with van der Waals surface area (Å²) in [4.78, 5) is 24.5. The number of amides is 1. The van der Waals surface area contributed by atoms with E-state index in [0.29, 0.717) is 23.7 Å². The Kier molecular flexibility index (Phi) is 6.46. The number of piperazine rings is 1. The van der Waals surface area contributed by atoms with Crippen LogP contribution in [0.3, 0.4) is 0 Å². The summed E-state index contributed by atoms with van der Waals surface area (Å²) in [6.45, 7) is 3.01. The van der Waals surface area contributed by atoms with Crippen molar-refractivity contribution in [2.24, 2.45) is 0 Å². The molecule has 0 saturated carbocycles. The molecule has 0 atom stereocenters. The van der Waals surface area contributed by atoms with Gasteiger partial charge >= 0.3 is 0 Å². The molecule has 184 valence electrons. The van der Waals surface area contributed by atoms with Crippen LogP contribution in [0.5, 0.6) is 0 Å². The Balaban J connectivity index is 1.22. The SMILES string of the molecule is Nc1c(C(=O)N2CCN(C(c3ccccc3)c3ccccc3)CC2)sc2nc3c(cc12)CCCCC3. The van der Waals surface area contributed by atoms with Gasteiger partial charge in [-0.3, -0.25) is 9.69 Å². The monoisotopic (exact) mass is 496 g/mol. The van der Waals surface area contributed by atoms with Crippen LogP contribution in [0.1, 0.15) is 57.4 Å². The van der Waals surface area contributed by atoms with Crippen LogP contribution in [0.25, 0.3) is 10.2 Å². The van der Waals surface area contributed by atoms with E-state index < -0.39 is 0 Å². The molecule has 3 heterocycles. The number of benzene rings is 2. The number of nitrogen functional groups attached to an aromatic ring is 1. The van der Waals surface area contributed by atoms with Gasteiger partial charge in [0, 0.05) is 37.3 Å². The number of nitrogens with zero attached hydrogens (tertiary/aromatic N) is 3. The number of pyridine rings is 1. The fourth-order valence-electron chi connectivity index (χ4n) is 5.71. The largest absolute Gasteiger partial charge is 0.397 e. The normalized spacial score (nSPS) is 16.8. The molecule has 1 aliphatic carbocycles. The minimum absolute atomic E-state index is 0.0429. The minimum atomic E-state index is 0.0429. The average Bonchev–Trinajstić information content (AvgIpc) is 3.08. The van der Waals surface area contributed by atoms with Gasteiger partial charge in [0.1, 0.15) is 9.71 Å². The summed E-state index contributed by atoms with van der Waals surface area (Å²) >= 11 is 1.47. The van der Waals surface area contributed by atoms with E-state index in [-0.39, 0.29) is 11.9 Å². The number of carbonyl (C=O) groups excluding carboxylic acids is 1. The van der Waals surface area contributed by atoms with Gasteiger partial charge in [-0.05, 0) is 48.4 Å². The van der Waals surface area contributed by atoms with Crippen LogP contribution in [0, 0.1) is 0 Å². The third-order valence-electron chi connectivity index (χ3n) is 7.64. The molecular weight excluding hydrogens is 464 g/mol. The fourth-order valence-corrected chi connectivity index (χ4v) is 6.77. The molecular formula is C30H32N4OS. The van der Waals surface area contributed by atoms with Crippen molar-refractivity contribution >= 4 is 33.1 Å². The molecule has 6 rings (SSSR count). The van der Waals surface area contributed by atoms with Crippen LogP contribution in [0.15, 0.2) is 66.7 Å². The minimum Gasteiger partial charge on any atom is -0.397 e. The molecule has 0 bridgehead atoms. The van der Waals surface area contributed by atoms with Gasteiger partial charge < -0.3 is 10.6 Å². The molecule has 0 unspecified atom stereocenters. The topological polar surface area (TPSA) is 62.5 Å². The number of hydrogen-bond donors (Lipinski definition) is 1. The van der Waals surface area contributed by atoms with E-state index in [4.69, 9.17) is 10.7 Å². The van der Waals surface area contributed by atoms with Crippen LogP contribution in [0.4, 0.5) is 5.69 Å². The lowest BCUT2D eigenvalue weighted by Crippen LogP contribution is -2.49. The zero-order chi connectivity index (χ0) is 24.5. The lowest BCUT2D eigenvalue weighted by atomic mass is 9.96. The van der Waals surface area contributed by atoms with Crippen molar-refractivity contribution in [2.75, 3.05) is 31.9 Å². The molecule has 4 aromatic rings. The predicted molar refractivity (Wildman–Crippen MR) is 147 cm³/mol. The van der Waals surface area contributed by atoms with Gasteiger partial charge in [0.05, 0.1) is 11.7 Å². The van der Waals surface area contributed by atoms with Crippen LogP contribution < -0.4 is 5.73 Å². The van der Waals surface area contributed by atoms with Crippen molar-refractivity contribution in [1.29, 1.82) is 0 Å². The summed E-state index contributed by atoms with van der Waals surface area (Å²) < 4.78 is 0. The summed E-state index contributed by atoms with van der Waals surface area (Å²) in [5.74, 6) is 0.0429. The first-order valence-electron chi connectivity index (χ1n) is 13.0. The Hall–Kier alpha value is -3.22. The number of nitrogens with two attached hydrogens (primary N) is 1. The molecule has 2 aromatic heterocycles. The van der Waals surface area contributed by atoms with Gasteiger partial charge in [-0.15, -0.1) is 11.3 Å². The van der Waals surface area contributed by atoms with E-state index in [1.54, 1.807) is 0 Å². The lowest BCUT2D eigenvalue weighted by Gasteiger charge is -2.39. The maximum absolute atomic E-state index is 13.6. The van der Waals surface area contributed by atoms with E-state index in [0.717, 1.165) is 36.1 Å². The zero-order valence-corrected chi connectivity index (χ0v) is 21.3. The number of hydrogen-bond acceptors (Lipinski definition) is 5. The smallest absolute Gasteiger partial charge is 0.266 e. The fraction of sp³-hybridized carbons (Fsp3) is 0.333. The van der Waals surface area contributed by atoms with Crippen LogP contribution in [-0.4, -0.2) is 46.9 Å². The first kappa shape index (κ1) is 23.2. The first-order valence-corrected chi connectivity index (χ1v) is 13.8. The molecule has 2 aliphatic rings. The highest BCUT2D eigenvalue weighted by molar-refractivity contribution is 7.21. The average molecular weight is 497 g/mol. The number of carbonyl (C=O) groups is 1. The van der Waals surface area contributed by atoms with Gasteiger partial charge in [-0.2, -0.15) is 0 Å². The third-order valence-corrected chi connectivity index (χ3v) is 8.74. The summed E-state index contributed by atoms with van der Waals surface area (Å²) in [5.41, 5.74) is 12.2. The highest BCUT2D eigenvalue weighted by Gasteiger charge is 2.30. The molecule has 6 heteroatoms. The summed E-state index contributed by atoms with van der Waals surface area (Å²) in [6, 6.07) is 23.7. The Bertz CT molecular complexity index is 1320. The molecule has 36 heavy (non-hydrogen) atoms. The van der Waals surface area contributed by atoms with Gasteiger partial charge in [-0.1, -0.05) is 67.1 Å². The summed E-state index contributed by atoms with van der Waals surface area (Å²) in [5, 5.41) is 0.954. The molecule has 2 aromatic carbocycles. The van der Waals surface area contributed by atoms with Crippen molar-refractivity contribution in [2.45, 2.75) is 38.1 Å². The highest BCUT2D eigenvalue weighted by Crippen LogP contribution is 2.36. The van der Waals surface area contributed by atoms with Gasteiger partial charge in [0.25, 0.3) is 5.91 Å². The van der Waals surface area contributed by atoms with Crippen molar-refractivity contribution in [3.05, 3.63) is 94.0 Å². The quantitative estimate of drug-likeness (QED) is 0.369. The van der Waals surface area contributed by atoms with Crippen LogP contribution in [-0.2, 0) is 12.8 Å². The lowest BCUT2D eigenvalue weighted by molar-refractivity contribution is 0.0603. The molecule has 0 radical (unpaired) electrons. The molecule has 1 amide bonds. The van der Waals surface area contributed by atoms with Crippen molar-refractivity contribution in [1.82, 2.24) is 14.8 Å². The van der Waals surface area contributed by atoms with Crippen LogP contribution in [0.2, 0.25) is 0 Å². The third kappa shape index (κ3) is 4.40. The van der Waals surface area contributed by atoms with E-state index in [1.165, 1.54) is 53.0 Å². The Morgan fingerprint density at radius 2 is 1.50 bits per heavy atom. The van der Waals surface area contributed by atoms with Crippen LogP contribution >= 0.6 is 11.3 Å².